The topological polar surface area (TPSA) is 23.4 Å². The predicted molar refractivity (Wildman–Crippen MR) is 81.7 cm³/mol. The van der Waals surface area contributed by atoms with Crippen LogP contribution in [0.2, 0.25) is 0 Å². The Labute approximate surface area is 121 Å². The van der Waals surface area contributed by atoms with Crippen LogP contribution in [0.1, 0.15) is 23.7 Å². The molecule has 0 saturated heterocycles. The molecular formula is C17H23NO2. The lowest BCUT2D eigenvalue weighted by atomic mass is 10.2. The summed E-state index contributed by atoms with van der Waals surface area (Å²) in [6, 6.07) is 7.81. The smallest absolute Gasteiger partial charge is 0.161 e. The maximum absolute atomic E-state index is 5.85. The van der Waals surface area contributed by atoms with Gasteiger partial charge in [-0.2, -0.15) is 0 Å². The number of rotatable bonds is 6. The molecule has 0 aliphatic heterocycles. The normalized spacial score (nSPS) is 10.6. The van der Waals surface area contributed by atoms with Crippen LogP contribution in [-0.4, -0.2) is 17.8 Å². The molecule has 2 rings (SSSR count). The van der Waals surface area contributed by atoms with Gasteiger partial charge < -0.3 is 14.0 Å². The molecule has 0 bridgehead atoms. The third-order valence-corrected chi connectivity index (χ3v) is 3.65. The minimum absolute atomic E-state index is 0.637. The van der Waals surface area contributed by atoms with Crippen molar-refractivity contribution in [3.8, 4) is 11.5 Å². The average molecular weight is 273 g/mol. The Kier molecular flexibility index (Phi) is 4.72. The number of hydrogen-bond donors (Lipinski definition) is 0. The van der Waals surface area contributed by atoms with E-state index in [9.17, 15) is 0 Å². The van der Waals surface area contributed by atoms with E-state index in [4.69, 9.17) is 9.47 Å². The zero-order valence-corrected chi connectivity index (χ0v) is 12.8. The van der Waals surface area contributed by atoms with Crippen LogP contribution < -0.4 is 9.47 Å². The van der Waals surface area contributed by atoms with Crippen LogP contribution in [0.25, 0.3) is 0 Å². The summed E-state index contributed by atoms with van der Waals surface area (Å²) in [4.78, 5) is 0. The molecule has 0 unspecified atom stereocenters. The highest BCUT2D eigenvalue weighted by Crippen LogP contribution is 2.26. The Morgan fingerprint density at radius 1 is 1.00 bits per heavy atom. The Morgan fingerprint density at radius 3 is 2.20 bits per heavy atom. The maximum atomic E-state index is 5.85. The monoisotopic (exact) mass is 273 g/mol. The summed E-state index contributed by atoms with van der Waals surface area (Å²) >= 11 is 0. The number of para-hydroxylation sites is 2. The van der Waals surface area contributed by atoms with Crippen LogP contribution in [0.15, 0.2) is 30.5 Å². The zero-order chi connectivity index (χ0) is 14.5. The highest BCUT2D eigenvalue weighted by molar-refractivity contribution is 5.39. The molecular weight excluding hydrogens is 250 g/mol. The van der Waals surface area contributed by atoms with E-state index in [-0.39, 0.29) is 0 Å². The van der Waals surface area contributed by atoms with Gasteiger partial charge in [0.2, 0.25) is 0 Å². The number of nitrogens with zero attached hydrogens (tertiary/aromatic N) is 1. The zero-order valence-electron chi connectivity index (χ0n) is 12.8. The molecule has 0 N–H and O–H groups in total. The molecule has 3 heteroatoms. The van der Waals surface area contributed by atoms with E-state index in [0.29, 0.717) is 13.2 Å². The molecule has 0 amide bonds. The molecule has 0 radical (unpaired) electrons. The third-order valence-electron chi connectivity index (χ3n) is 3.65. The maximum Gasteiger partial charge on any atom is 0.161 e. The van der Waals surface area contributed by atoms with Gasteiger partial charge in [0.15, 0.2) is 11.5 Å². The molecule has 0 aliphatic carbocycles. The van der Waals surface area contributed by atoms with Gasteiger partial charge in [-0.1, -0.05) is 12.1 Å². The van der Waals surface area contributed by atoms with E-state index in [0.717, 1.165) is 18.0 Å². The summed E-state index contributed by atoms with van der Waals surface area (Å²) in [5.41, 5.74) is 4.00. The molecule has 2 aromatic rings. The lowest BCUT2D eigenvalue weighted by Gasteiger charge is -2.12. The van der Waals surface area contributed by atoms with Gasteiger partial charge in [0.1, 0.15) is 6.61 Å². The fraction of sp³-hybridized carbons (Fsp3) is 0.412. The second kappa shape index (κ2) is 6.51. The van der Waals surface area contributed by atoms with Crippen LogP contribution in [-0.2, 0) is 6.54 Å². The number of aryl methyl sites for hydroxylation is 1. The van der Waals surface area contributed by atoms with Crippen molar-refractivity contribution in [2.75, 3.05) is 13.2 Å². The first-order valence-electron chi connectivity index (χ1n) is 7.11. The van der Waals surface area contributed by atoms with Crippen molar-refractivity contribution < 1.29 is 9.47 Å². The molecule has 20 heavy (non-hydrogen) atoms. The summed E-state index contributed by atoms with van der Waals surface area (Å²) in [5.74, 6) is 1.62. The van der Waals surface area contributed by atoms with Crippen molar-refractivity contribution >= 4 is 0 Å². The van der Waals surface area contributed by atoms with Crippen molar-refractivity contribution in [2.24, 2.45) is 0 Å². The van der Waals surface area contributed by atoms with Crippen molar-refractivity contribution in [3.05, 3.63) is 47.3 Å². The van der Waals surface area contributed by atoms with E-state index in [1.807, 2.05) is 31.2 Å². The molecule has 0 saturated carbocycles. The van der Waals surface area contributed by atoms with Crippen LogP contribution in [0.3, 0.4) is 0 Å². The summed E-state index contributed by atoms with van der Waals surface area (Å²) in [5, 5.41) is 0. The van der Waals surface area contributed by atoms with E-state index in [1.165, 1.54) is 16.8 Å². The second-order valence-electron chi connectivity index (χ2n) is 4.94. The van der Waals surface area contributed by atoms with Crippen molar-refractivity contribution in [3.63, 3.8) is 0 Å². The average Bonchev–Trinajstić information content (AvgIpc) is 2.69. The van der Waals surface area contributed by atoms with E-state index >= 15 is 0 Å². The summed E-state index contributed by atoms with van der Waals surface area (Å²) in [6.07, 6.45) is 2.18. The molecule has 3 nitrogen and oxygen atoms in total. The fourth-order valence-electron chi connectivity index (χ4n) is 2.26. The van der Waals surface area contributed by atoms with Gasteiger partial charge >= 0.3 is 0 Å². The molecule has 1 heterocycles. The fourth-order valence-corrected chi connectivity index (χ4v) is 2.26. The van der Waals surface area contributed by atoms with Crippen molar-refractivity contribution in [1.29, 1.82) is 0 Å². The number of hydrogen-bond acceptors (Lipinski definition) is 2. The van der Waals surface area contributed by atoms with Crippen molar-refractivity contribution in [1.82, 2.24) is 4.57 Å². The summed E-state index contributed by atoms with van der Waals surface area (Å²) in [6.45, 7) is 10.6. The quantitative estimate of drug-likeness (QED) is 0.797. The van der Waals surface area contributed by atoms with Gasteiger partial charge in [-0.25, -0.2) is 0 Å². The highest BCUT2D eigenvalue weighted by Gasteiger charge is 2.06. The highest BCUT2D eigenvalue weighted by atomic mass is 16.5. The molecule has 1 aromatic carbocycles. The lowest BCUT2D eigenvalue weighted by molar-refractivity contribution is 0.266. The van der Waals surface area contributed by atoms with Crippen LogP contribution in [0.5, 0.6) is 11.5 Å². The third kappa shape index (κ3) is 3.16. The number of benzene rings is 1. The van der Waals surface area contributed by atoms with Crippen LogP contribution in [0, 0.1) is 20.8 Å². The van der Waals surface area contributed by atoms with Gasteiger partial charge in [0.05, 0.1) is 13.2 Å². The number of aromatic nitrogens is 1. The number of ether oxygens (including phenoxy) is 2. The van der Waals surface area contributed by atoms with Gasteiger partial charge in [0, 0.05) is 11.9 Å². The molecule has 0 spiro atoms. The Bertz CT molecular complexity index is 572. The first-order valence-corrected chi connectivity index (χ1v) is 7.11. The minimum Gasteiger partial charge on any atom is -0.490 e. The molecule has 0 fully saturated rings. The van der Waals surface area contributed by atoms with Crippen molar-refractivity contribution in [2.45, 2.75) is 34.2 Å². The summed E-state index contributed by atoms with van der Waals surface area (Å²) < 4.78 is 13.7. The summed E-state index contributed by atoms with van der Waals surface area (Å²) in [7, 11) is 0. The van der Waals surface area contributed by atoms with Gasteiger partial charge in [-0.3, -0.25) is 0 Å². The molecule has 0 aliphatic rings. The first kappa shape index (κ1) is 14.5. The Hall–Kier alpha value is -1.90. The Balaban J connectivity index is 1.97. The van der Waals surface area contributed by atoms with E-state index in [2.05, 4.69) is 31.5 Å². The van der Waals surface area contributed by atoms with E-state index in [1.54, 1.807) is 0 Å². The Morgan fingerprint density at radius 2 is 1.65 bits per heavy atom. The van der Waals surface area contributed by atoms with Crippen LogP contribution >= 0.6 is 0 Å². The predicted octanol–water partition coefficient (Wildman–Crippen LogP) is 3.89. The lowest BCUT2D eigenvalue weighted by Crippen LogP contribution is -2.09. The van der Waals surface area contributed by atoms with Crippen LogP contribution in [0.4, 0.5) is 0 Å². The standard InChI is InChI=1S/C17H23NO2/c1-5-19-16-8-6-7-9-17(16)20-11-10-18-12-13(2)14(3)15(18)4/h6-9,12H,5,10-11H2,1-4H3. The van der Waals surface area contributed by atoms with E-state index < -0.39 is 0 Å². The largest absolute Gasteiger partial charge is 0.490 e. The van der Waals surface area contributed by atoms with Gasteiger partial charge in [-0.15, -0.1) is 0 Å². The minimum atomic E-state index is 0.637. The van der Waals surface area contributed by atoms with Gasteiger partial charge in [-0.05, 0) is 51.0 Å². The molecule has 108 valence electrons. The molecule has 0 atom stereocenters. The second-order valence-corrected chi connectivity index (χ2v) is 4.94. The molecule has 1 aromatic heterocycles. The first-order chi connectivity index (χ1) is 9.63. The SMILES string of the molecule is CCOc1ccccc1OCCn1cc(C)c(C)c1C. The van der Waals surface area contributed by atoms with Gasteiger partial charge in [0.25, 0.3) is 0 Å².